The van der Waals surface area contributed by atoms with Gasteiger partial charge in [0, 0.05) is 19.8 Å². The van der Waals surface area contributed by atoms with Gasteiger partial charge in [-0.2, -0.15) is 0 Å². The van der Waals surface area contributed by atoms with Gasteiger partial charge in [0.05, 0.1) is 12.2 Å². The molecule has 0 aliphatic heterocycles. The van der Waals surface area contributed by atoms with Crippen LogP contribution in [0, 0.1) is 0 Å². The van der Waals surface area contributed by atoms with E-state index < -0.39 is 11.8 Å². The molecule has 0 bridgehead atoms. The standard InChI is InChI=1S/C12H15NO4/c1-4-17-12(16)11(15)9-7-8(13(2)3)5-6-10(9)14/h5-7,14H,4H2,1-3H3. The summed E-state index contributed by atoms with van der Waals surface area (Å²) < 4.78 is 4.60. The lowest BCUT2D eigenvalue weighted by Gasteiger charge is -2.13. The number of nitrogens with zero attached hydrogens (tertiary/aromatic N) is 1. The van der Waals surface area contributed by atoms with Gasteiger partial charge in [-0.05, 0) is 25.1 Å². The number of rotatable bonds is 4. The first-order valence-corrected chi connectivity index (χ1v) is 5.19. The predicted octanol–water partition coefficient (Wildman–Crippen LogP) is 1.20. The monoisotopic (exact) mass is 237 g/mol. The fourth-order valence-electron chi connectivity index (χ4n) is 1.29. The van der Waals surface area contributed by atoms with Crippen molar-refractivity contribution in [3.8, 4) is 5.75 Å². The van der Waals surface area contributed by atoms with E-state index in [2.05, 4.69) is 4.74 Å². The summed E-state index contributed by atoms with van der Waals surface area (Å²) in [6.07, 6.45) is 0. The molecule has 1 aromatic carbocycles. The Kier molecular flexibility index (Phi) is 4.09. The topological polar surface area (TPSA) is 66.8 Å². The highest BCUT2D eigenvalue weighted by molar-refractivity contribution is 6.41. The maximum atomic E-state index is 11.7. The Bertz CT molecular complexity index is 440. The number of aromatic hydroxyl groups is 1. The van der Waals surface area contributed by atoms with Gasteiger partial charge in [0.15, 0.2) is 0 Å². The summed E-state index contributed by atoms with van der Waals surface area (Å²) in [7, 11) is 3.59. The van der Waals surface area contributed by atoms with Gasteiger partial charge in [0.2, 0.25) is 0 Å². The Balaban J connectivity index is 3.08. The van der Waals surface area contributed by atoms with Gasteiger partial charge < -0.3 is 14.7 Å². The lowest BCUT2D eigenvalue weighted by atomic mass is 10.1. The number of anilines is 1. The molecule has 0 aliphatic carbocycles. The molecule has 1 aromatic rings. The van der Waals surface area contributed by atoms with Crippen molar-refractivity contribution in [2.24, 2.45) is 0 Å². The fourth-order valence-corrected chi connectivity index (χ4v) is 1.29. The van der Waals surface area contributed by atoms with E-state index in [9.17, 15) is 14.7 Å². The molecule has 0 heterocycles. The predicted molar refractivity (Wildman–Crippen MR) is 63.4 cm³/mol. The SMILES string of the molecule is CCOC(=O)C(=O)c1cc(N(C)C)ccc1O. The van der Waals surface area contributed by atoms with Crippen LogP contribution in [0.2, 0.25) is 0 Å². The number of ether oxygens (including phenoxy) is 1. The third-order valence-corrected chi connectivity index (χ3v) is 2.20. The quantitative estimate of drug-likeness (QED) is 0.484. The van der Waals surface area contributed by atoms with Gasteiger partial charge >= 0.3 is 5.97 Å². The summed E-state index contributed by atoms with van der Waals surface area (Å²) in [5.41, 5.74) is 0.671. The van der Waals surface area contributed by atoms with Crippen molar-refractivity contribution in [3.63, 3.8) is 0 Å². The summed E-state index contributed by atoms with van der Waals surface area (Å²) in [4.78, 5) is 24.7. The average molecular weight is 237 g/mol. The van der Waals surface area contributed by atoms with Crippen molar-refractivity contribution in [2.45, 2.75) is 6.92 Å². The van der Waals surface area contributed by atoms with Crippen LogP contribution in [0.1, 0.15) is 17.3 Å². The van der Waals surface area contributed by atoms with Gasteiger partial charge in [-0.25, -0.2) is 4.79 Å². The smallest absolute Gasteiger partial charge is 0.379 e. The Hall–Kier alpha value is -2.04. The molecule has 0 unspecified atom stereocenters. The van der Waals surface area contributed by atoms with Gasteiger partial charge in [0.25, 0.3) is 5.78 Å². The Morgan fingerprint density at radius 3 is 2.53 bits per heavy atom. The zero-order valence-electron chi connectivity index (χ0n) is 10.1. The van der Waals surface area contributed by atoms with E-state index in [0.29, 0.717) is 0 Å². The summed E-state index contributed by atoms with van der Waals surface area (Å²) >= 11 is 0. The molecule has 5 nitrogen and oxygen atoms in total. The molecule has 1 rings (SSSR count). The van der Waals surface area contributed by atoms with Crippen LogP contribution >= 0.6 is 0 Å². The van der Waals surface area contributed by atoms with Crippen molar-refractivity contribution < 1.29 is 19.4 Å². The highest BCUT2D eigenvalue weighted by Gasteiger charge is 2.21. The number of carbonyl (C=O) groups excluding carboxylic acids is 2. The molecule has 0 saturated heterocycles. The van der Waals surface area contributed by atoms with E-state index in [1.165, 1.54) is 12.1 Å². The Morgan fingerprint density at radius 1 is 1.35 bits per heavy atom. The van der Waals surface area contributed by atoms with Crippen LogP contribution in [0.3, 0.4) is 0 Å². The molecular weight excluding hydrogens is 222 g/mol. The first kappa shape index (κ1) is 13.0. The van der Waals surface area contributed by atoms with E-state index in [4.69, 9.17) is 0 Å². The zero-order valence-corrected chi connectivity index (χ0v) is 10.1. The Labute approximate surface area is 99.6 Å². The second-order valence-electron chi connectivity index (χ2n) is 3.65. The third kappa shape index (κ3) is 2.96. The number of ketones is 1. The molecule has 0 aliphatic rings. The van der Waals surface area contributed by atoms with Crippen molar-refractivity contribution >= 4 is 17.4 Å². The van der Waals surface area contributed by atoms with Gasteiger partial charge in [0.1, 0.15) is 5.75 Å². The lowest BCUT2D eigenvalue weighted by molar-refractivity contribution is -0.137. The number of phenolic OH excluding ortho intramolecular Hbond substituents is 1. The summed E-state index contributed by atoms with van der Waals surface area (Å²) in [6, 6.07) is 4.48. The van der Waals surface area contributed by atoms with Gasteiger partial charge in [-0.3, -0.25) is 4.79 Å². The molecule has 0 saturated carbocycles. The normalized spacial score (nSPS) is 9.82. The molecule has 0 aromatic heterocycles. The zero-order chi connectivity index (χ0) is 13.0. The molecule has 0 spiro atoms. The fraction of sp³-hybridized carbons (Fsp3) is 0.333. The van der Waals surface area contributed by atoms with Crippen molar-refractivity contribution in [1.29, 1.82) is 0 Å². The number of Topliss-reactive ketones (excluding diaryl/α,β-unsaturated/α-hetero) is 1. The van der Waals surface area contributed by atoms with Crippen molar-refractivity contribution in [2.75, 3.05) is 25.6 Å². The lowest BCUT2D eigenvalue weighted by Crippen LogP contribution is -2.18. The first-order valence-electron chi connectivity index (χ1n) is 5.19. The molecular formula is C12H15NO4. The molecule has 5 heteroatoms. The molecule has 0 fully saturated rings. The van der Waals surface area contributed by atoms with E-state index in [-0.39, 0.29) is 17.9 Å². The van der Waals surface area contributed by atoms with E-state index in [1.807, 2.05) is 0 Å². The molecule has 1 N–H and O–H groups in total. The molecule has 0 radical (unpaired) electrons. The highest BCUT2D eigenvalue weighted by Crippen LogP contribution is 2.23. The number of benzene rings is 1. The van der Waals surface area contributed by atoms with Crippen LogP contribution in [-0.4, -0.2) is 37.6 Å². The largest absolute Gasteiger partial charge is 0.507 e. The maximum absolute atomic E-state index is 11.7. The maximum Gasteiger partial charge on any atom is 0.379 e. The number of carbonyl (C=O) groups is 2. The number of hydrogen-bond donors (Lipinski definition) is 1. The van der Waals surface area contributed by atoms with Crippen molar-refractivity contribution in [3.05, 3.63) is 23.8 Å². The van der Waals surface area contributed by atoms with Crippen LogP contribution in [0.15, 0.2) is 18.2 Å². The van der Waals surface area contributed by atoms with Crippen LogP contribution in [0.25, 0.3) is 0 Å². The van der Waals surface area contributed by atoms with Crippen LogP contribution in [-0.2, 0) is 9.53 Å². The second-order valence-corrected chi connectivity index (χ2v) is 3.65. The van der Waals surface area contributed by atoms with Crippen LogP contribution in [0.5, 0.6) is 5.75 Å². The minimum Gasteiger partial charge on any atom is -0.507 e. The number of hydrogen-bond acceptors (Lipinski definition) is 5. The summed E-state index contributed by atoms with van der Waals surface area (Å²) in [5.74, 6) is -2.03. The minimum atomic E-state index is -0.960. The van der Waals surface area contributed by atoms with E-state index in [0.717, 1.165) is 5.69 Å². The third-order valence-electron chi connectivity index (χ3n) is 2.20. The van der Waals surface area contributed by atoms with Crippen LogP contribution < -0.4 is 4.90 Å². The molecule has 92 valence electrons. The number of esters is 1. The Morgan fingerprint density at radius 2 is 2.00 bits per heavy atom. The minimum absolute atomic E-state index is 0.0466. The van der Waals surface area contributed by atoms with Crippen molar-refractivity contribution in [1.82, 2.24) is 0 Å². The second kappa shape index (κ2) is 5.34. The van der Waals surface area contributed by atoms with Gasteiger partial charge in [-0.15, -0.1) is 0 Å². The number of phenols is 1. The molecule has 0 atom stereocenters. The van der Waals surface area contributed by atoms with E-state index >= 15 is 0 Å². The molecule has 0 amide bonds. The summed E-state index contributed by atoms with van der Waals surface area (Å²) in [5, 5.41) is 9.56. The van der Waals surface area contributed by atoms with Gasteiger partial charge in [-0.1, -0.05) is 0 Å². The highest BCUT2D eigenvalue weighted by atomic mass is 16.5. The average Bonchev–Trinajstić information content (AvgIpc) is 2.28. The first-order chi connectivity index (χ1) is 7.97. The van der Waals surface area contributed by atoms with Crippen LogP contribution in [0.4, 0.5) is 5.69 Å². The van der Waals surface area contributed by atoms with E-state index in [1.54, 1.807) is 32.0 Å². The summed E-state index contributed by atoms with van der Waals surface area (Å²) in [6.45, 7) is 1.74. The molecule has 17 heavy (non-hydrogen) atoms.